The van der Waals surface area contributed by atoms with E-state index in [4.69, 9.17) is 9.98 Å². The molecule has 242 valence electrons. The van der Waals surface area contributed by atoms with Crippen LogP contribution in [0.25, 0.3) is 54.5 Å². The Morgan fingerprint density at radius 3 is 1.76 bits per heavy atom. The molecule has 1 aromatic heterocycles. The molecule has 1 aliphatic heterocycles. The molecule has 2 aliphatic rings. The fourth-order valence-electron chi connectivity index (χ4n) is 7.91. The normalized spacial score (nSPS) is 17.4. The molecule has 0 spiro atoms. The molecule has 1 N–H and O–H groups in total. The zero-order chi connectivity index (χ0) is 33.7. The zero-order valence-electron chi connectivity index (χ0n) is 27.9. The number of allylic oxidation sites excluding steroid dienone is 2. The molecule has 2 heterocycles. The SMILES string of the molecule is C1=CC(C2=NC(c3ccccc3)=NC(c3ccc(-c4ccccc4)cc3)N2)=CC(n2c3ccc4ccccc4c3c3c4ccccc4ccc32)C1. The lowest BCUT2D eigenvalue weighted by Gasteiger charge is -2.27. The van der Waals surface area contributed by atoms with Crippen molar-refractivity contribution in [1.29, 1.82) is 0 Å². The van der Waals surface area contributed by atoms with Crippen LogP contribution in [0.3, 0.4) is 0 Å². The lowest BCUT2D eigenvalue weighted by Crippen LogP contribution is -2.34. The number of benzene rings is 7. The number of aromatic nitrogens is 1. The number of nitrogens with zero attached hydrogens (tertiary/aromatic N) is 3. The predicted octanol–water partition coefficient (Wildman–Crippen LogP) is 11.3. The van der Waals surface area contributed by atoms with Crippen molar-refractivity contribution >= 4 is 55.0 Å². The molecular formula is C47H34N4. The lowest BCUT2D eigenvalue weighted by atomic mass is 9.99. The molecule has 10 rings (SSSR count). The van der Waals surface area contributed by atoms with Crippen LogP contribution in [0, 0.1) is 0 Å². The first-order valence-corrected chi connectivity index (χ1v) is 17.6. The van der Waals surface area contributed by atoms with Crippen LogP contribution >= 0.6 is 0 Å². The van der Waals surface area contributed by atoms with Crippen molar-refractivity contribution in [3.63, 3.8) is 0 Å². The summed E-state index contributed by atoms with van der Waals surface area (Å²) in [6, 6.07) is 56.3. The van der Waals surface area contributed by atoms with E-state index in [0.29, 0.717) is 0 Å². The van der Waals surface area contributed by atoms with E-state index in [1.165, 1.54) is 54.5 Å². The van der Waals surface area contributed by atoms with Gasteiger partial charge in [0.2, 0.25) is 0 Å². The fraction of sp³-hybridized carbons (Fsp3) is 0.0638. The van der Waals surface area contributed by atoms with Gasteiger partial charge < -0.3 is 9.88 Å². The highest BCUT2D eigenvalue weighted by Crippen LogP contribution is 2.42. The second-order valence-electron chi connectivity index (χ2n) is 13.4. The average molecular weight is 655 g/mol. The number of hydrogen-bond acceptors (Lipinski definition) is 3. The van der Waals surface area contributed by atoms with Crippen LogP contribution in [0.1, 0.15) is 29.8 Å². The molecule has 0 amide bonds. The van der Waals surface area contributed by atoms with Gasteiger partial charge in [-0.3, -0.25) is 0 Å². The Morgan fingerprint density at radius 2 is 1.12 bits per heavy atom. The van der Waals surface area contributed by atoms with Gasteiger partial charge in [0, 0.05) is 21.9 Å². The van der Waals surface area contributed by atoms with Crippen molar-refractivity contribution in [2.24, 2.45) is 9.98 Å². The zero-order valence-corrected chi connectivity index (χ0v) is 27.9. The molecule has 0 radical (unpaired) electrons. The standard InChI is InChI=1S/C47H34N4/c1-3-12-31(13-4-1)32-22-24-36(25-23-32)46-48-45(35-16-5-2-6-17-35)49-47(50-46)37-18-11-19-38(30-37)51-41-28-26-33-14-7-9-20-39(33)43(41)44-40-21-10-8-15-34(40)27-29-42(44)51/h1-18,20-30,38,46H,19H2,(H,48,49,50). The maximum atomic E-state index is 5.17. The van der Waals surface area contributed by atoms with Gasteiger partial charge in [0.1, 0.15) is 12.0 Å². The van der Waals surface area contributed by atoms with Crippen LogP contribution in [0.15, 0.2) is 192 Å². The van der Waals surface area contributed by atoms with Crippen LogP contribution in [-0.4, -0.2) is 16.2 Å². The van der Waals surface area contributed by atoms with Gasteiger partial charge in [-0.2, -0.15) is 0 Å². The molecule has 0 saturated carbocycles. The van der Waals surface area contributed by atoms with Crippen molar-refractivity contribution in [1.82, 2.24) is 9.88 Å². The first kappa shape index (κ1) is 29.4. The first-order valence-electron chi connectivity index (χ1n) is 17.6. The monoisotopic (exact) mass is 654 g/mol. The van der Waals surface area contributed by atoms with Gasteiger partial charge in [-0.15, -0.1) is 0 Å². The molecule has 0 fully saturated rings. The summed E-state index contributed by atoms with van der Waals surface area (Å²) in [7, 11) is 0. The molecule has 7 aromatic carbocycles. The van der Waals surface area contributed by atoms with Gasteiger partial charge >= 0.3 is 0 Å². The largest absolute Gasteiger partial charge is 0.344 e. The first-order chi connectivity index (χ1) is 25.3. The Balaban J connectivity index is 1.10. The molecule has 2 unspecified atom stereocenters. The van der Waals surface area contributed by atoms with Gasteiger partial charge in [-0.25, -0.2) is 9.98 Å². The highest BCUT2D eigenvalue weighted by Gasteiger charge is 2.26. The maximum Gasteiger partial charge on any atom is 0.159 e. The summed E-state index contributed by atoms with van der Waals surface area (Å²) in [6.45, 7) is 0. The van der Waals surface area contributed by atoms with Gasteiger partial charge in [0.15, 0.2) is 5.84 Å². The summed E-state index contributed by atoms with van der Waals surface area (Å²) >= 11 is 0. The van der Waals surface area contributed by atoms with E-state index in [-0.39, 0.29) is 12.2 Å². The molecule has 0 bridgehead atoms. The molecular weight excluding hydrogens is 621 g/mol. The Labute approximate surface area is 296 Å². The maximum absolute atomic E-state index is 5.17. The minimum Gasteiger partial charge on any atom is -0.344 e. The Morgan fingerprint density at radius 1 is 0.549 bits per heavy atom. The third kappa shape index (κ3) is 5.07. The quantitative estimate of drug-likeness (QED) is 0.197. The summed E-state index contributed by atoms with van der Waals surface area (Å²) in [6.07, 6.45) is 7.50. The summed E-state index contributed by atoms with van der Waals surface area (Å²) in [5.41, 5.74) is 8.04. The van der Waals surface area contributed by atoms with Crippen molar-refractivity contribution in [3.8, 4) is 11.1 Å². The summed E-state index contributed by atoms with van der Waals surface area (Å²) in [5, 5.41) is 11.4. The van der Waals surface area contributed by atoms with E-state index in [2.05, 4.69) is 168 Å². The number of nitrogens with one attached hydrogen (secondary N) is 1. The third-order valence-corrected chi connectivity index (χ3v) is 10.3. The summed E-state index contributed by atoms with van der Waals surface area (Å²) in [5.74, 6) is 1.56. The topological polar surface area (TPSA) is 41.7 Å². The van der Waals surface area contributed by atoms with Gasteiger partial charge in [0.25, 0.3) is 0 Å². The summed E-state index contributed by atoms with van der Waals surface area (Å²) < 4.78 is 2.54. The van der Waals surface area contributed by atoms with Crippen LogP contribution in [0.4, 0.5) is 0 Å². The van der Waals surface area contributed by atoms with Crippen molar-refractivity contribution in [2.45, 2.75) is 18.6 Å². The minimum atomic E-state index is -0.279. The number of aliphatic imine (C=N–C) groups is 2. The van der Waals surface area contributed by atoms with E-state index in [1.54, 1.807) is 0 Å². The van der Waals surface area contributed by atoms with E-state index in [0.717, 1.165) is 34.8 Å². The van der Waals surface area contributed by atoms with E-state index < -0.39 is 0 Å². The van der Waals surface area contributed by atoms with Crippen LogP contribution < -0.4 is 5.32 Å². The van der Waals surface area contributed by atoms with Gasteiger partial charge in [-0.05, 0) is 56.8 Å². The van der Waals surface area contributed by atoms with Gasteiger partial charge in [-0.1, -0.05) is 164 Å². The molecule has 1 aliphatic carbocycles. The highest BCUT2D eigenvalue weighted by molar-refractivity contribution is 6.28. The molecule has 0 saturated heterocycles. The summed E-state index contributed by atoms with van der Waals surface area (Å²) in [4.78, 5) is 10.3. The van der Waals surface area contributed by atoms with E-state index >= 15 is 0 Å². The van der Waals surface area contributed by atoms with Crippen molar-refractivity contribution in [2.75, 3.05) is 0 Å². The fourth-order valence-corrected chi connectivity index (χ4v) is 7.91. The van der Waals surface area contributed by atoms with Crippen molar-refractivity contribution in [3.05, 3.63) is 193 Å². The minimum absolute atomic E-state index is 0.0967. The van der Waals surface area contributed by atoms with Crippen molar-refractivity contribution < 1.29 is 0 Å². The second kappa shape index (κ2) is 12.1. The molecule has 2 atom stereocenters. The van der Waals surface area contributed by atoms with Crippen LogP contribution in [0.2, 0.25) is 0 Å². The molecule has 51 heavy (non-hydrogen) atoms. The van der Waals surface area contributed by atoms with Crippen LogP contribution in [0.5, 0.6) is 0 Å². The molecule has 4 nitrogen and oxygen atoms in total. The van der Waals surface area contributed by atoms with E-state index in [1.807, 2.05) is 18.2 Å². The number of rotatable bonds is 5. The smallest absolute Gasteiger partial charge is 0.159 e. The van der Waals surface area contributed by atoms with Crippen LogP contribution in [-0.2, 0) is 0 Å². The molecule has 8 aromatic rings. The lowest BCUT2D eigenvalue weighted by molar-refractivity contribution is 0.641. The number of fused-ring (bicyclic) bond motifs is 7. The Kier molecular flexibility index (Phi) is 6.98. The number of hydrogen-bond donors (Lipinski definition) is 1. The average Bonchev–Trinajstić information content (AvgIpc) is 3.57. The predicted molar refractivity (Wildman–Crippen MR) is 214 cm³/mol. The highest BCUT2D eigenvalue weighted by atomic mass is 15.2. The molecule has 4 heteroatoms. The second-order valence-corrected chi connectivity index (χ2v) is 13.4. The Hall–Kier alpha value is -6.52. The van der Waals surface area contributed by atoms with Gasteiger partial charge in [0.05, 0.1) is 17.1 Å². The number of amidine groups is 2. The third-order valence-electron chi connectivity index (χ3n) is 10.3. The van der Waals surface area contributed by atoms with E-state index in [9.17, 15) is 0 Å². The Bertz CT molecular complexity index is 2640.